The summed E-state index contributed by atoms with van der Waals surface area (Å²) in [5.74, 6) is -1.71. The van der Waals surface area contributed by atoms with Crippen molar-refractivity contribution >= 4 is 17.3 Å². The number of hydrogen-bond acceptors (Lipinski definition) is 4. The summed E-state index contributed by atoms with van der Waals surface area (Å²) in [7, 11) is 0. The van der Waals surface area contributed by atoms with E-state index in [2.05, 4.69) is 5.10 Å². The predicted octanol–water partition coefficient (Wildman–Crippen LogP) is 2.91. The van der Waals surface area contributed by atoms with E-state index in [0.717, 1.165) is 12.1 Å². The minimum absolute atomic E-state index is 0.0111. The number of nitrogen functional groups attached to an aromatic ring is 1. The van der Waals surface area contributed by atoms with Crippen molar-refractivity contribution in [3.63, 3.8) is 0 Å². The fourth-order valence-electron chi connectivity index (χ4n) is 2.53. The van der Waals surface area contributed by atoms with Gasteiger partial charge in [-0.1, -0.05) is 12.1 Å². The number of carbonyl (C=O) groups excluding carboxylic acids is 1. The minimum Gasteiger partial charge on any atom is -0.399 e. The van der Waals surface area contributed by atoms with E-state index >= 15 is 0 Å². The molecule has 1 atom stereocenters. The molecule has 2 aromatic rings. The van der Waals surface area contributed by atoms with Gasteiger partial charge in [0.05, 0.1) is 12.1 Å². The maximum Gasteiger partial charge on any atom is 0.438 e. The molecule has 0 unspecified atom stereocenters. The second kappa shape index (κ2) is 6.10. The molecule has 0 radical (unpaired) electrons. The van der Waals surface area contributed by atoms with E-state index in [1.165, 1.54) is 36.4 Å². The topological polar surface area (TPSA) is 78.9 Å². The van der Waals surface area contributed by atoms with E-state index in [9.17, 15) is 27.5 Å². The highest BCUT2D eigenvalue weighted by Crippen LogP contribution is 2.42. The van der Waals surface area contributed by atoms with Gasteiger partial charge < -0.3 is 10.8 Å². The maximum atomic E-state index is 13.5. The van der Waals surface area contributed by atoms with E-state index in [1.807, 2.05) is 0 Å². The largest absolute Gasteiger partial charge is 0.438 e. The third kappa shape index (κ3) is 3.01. The number of amides is 1. The zero-order valence-corrected chi connectivity index (χ0v) is 13.2. The summed E-state index contributed by atoms with van der Waals surface area (Å²) >= 11 is 0. The van der Waals surface area contributed by atoms with Crippen molar-refractivity contribution in [2.45, 2.75) is 18.3 Å². The van der Waals surface area contributed by atoms with Crippen LogP contribution in [0.4, 0.5) is 23.2 Å². The molecule has 1 aliphatic heterocycles. The van der Waals surface area contributed by atoms with Crippen LogP contribution in [0.15, 0.2) is 53.6 Å². The molecule has 1 amide bonds. The number of benzene rings is 2. The number of aliphatic hydroxyl groups is 1. The van der Waals surface area contributed by atoms with Gasteiger partial charge in [-0.3, -0.25) is 4.79 Å². The predicted molar refractivity (Wildman–Crippen MR) is 85.6 cm³/mol. The van der Waals surface area contributed by atoms with Gasteiger partial charge >= 0.3 is 6.18 Å². The van der Waals surface area contributed by atoms with Crippen LogP contribution in [0, 0.1) is 5.82 Å². The lowest BCUT2D eigenvalue weighted by molar-refractivity contribution is -0.297. The zero-order valence-electron chi connectivity index (χ0n) is 13.2. The van der Waals surface area contributed by atoms with Crippen molar-refractivity contribution in [2.75, 3.05) is 5.73 Å². The lowest BCUT2D eigenvalue weighted by Crippen LogP contribution is -2.56. The number of rotatable bonds is 2. The Bertz CT molecular complexity index is 863. The molecule has 0 spiro atoms. The lowest BCUT2D eigenvalue weighted by atomic mass is 10.0. The molecule has 3 rings (SSSR count). The van der Waals surface area contributed by atoms with Crippen LogP contribution in [0.3, 0.4) is 0 Å². The highest BCUT2D eigenvalue weighted by molar-refractivity contribution is 6.05. The maximum absolute atomic E-state index is 13.5. The number of halogens is 4. The van der Waals surface area contributed by atoms with E-state index in [1.54, 1.807) is 0 Å². The van der Waals surface area contributed by atoms with Crippen LogP contribution in [0.2, 0.25) is 0 Å². The molecule has 2 aromatic carbocycles. The van der Waals surface area contributed by atoms with E-state index in [-0.39, 0.29) is 21.8 Å². The first-order chi connectivity index (χ1) is 12.1. The van der Waals surface area contributed by atoms with Crippen molar-refractivity contribution in [3.8, 4) is 0 Å². The van der Waals surface area contributed by atoms with Crippen molar-refractivity contribution in [1.29, 1.82) is 0 Å². The van der Waals surface area contributed by atoms with Crippen LogP contribution in [-0.4, -0.2) is 33.6 Å². The van der Waals surface area contributed by atoms with Crippen LogP contribution in [-0.2, 0) is 0 Å². The summed E-state index contributed by atoms with van der Waals surface area (Å²) in [6.07, 6.45) is -6.12. The Morgan fingerprint density at radius 1 is 1.12 bits per heavy atom. The zero-order chi connectivity index (χ0) is 19.1. The summed E-state index contributed by atoms with van der Waals surface area (Å²) in [5, 5.41) is 13.9. The molecular weight excluding hydrogens is 354 g/mol. The molecule has 5 nitrogen and oxygen atoms in total. The Labute approximate surface area is 145 Å². The SMILES string of the molecule is Nc1ccc(C(=O)N2N=C(c3ccc(F)cc3)C[C@@]2(O)C(F)(F)F)cc1. The van der Waals surface area contributed by atoms with Crippen LogP contribution < -0.4 is 5.73 Å². The standard InChI is InChI=1S/C17H13F4N3O2/c18-12-5-1-10(2-6-12)14-9-16(26,17(19,20)21)24(23-14)15(25)11-3-7-13(22)8-4-11/h1-8,26H,9,22H2/t16-/m1/s1. The normalized spacial score (nSPS) is 20.2. The first-order valence-corrected chi connectivity index (χ1v) is 7.44. The van der Waals surface area contributed by atoms with Gasteiger partial charge in [0.15, 0.2) is 0 Å². The third-order valence-corrected chi connectivity index (χ3v) is 3.97. The summed E-state index contributed by atoms with van der Waals surface area (Å²) in [6.45, 7) is 0. The molecule has 0 aliphatic carbocycles. The van der Waals surface area contributed by atoms with Crippen molar-refractivity contribution in [1.82, 2.24) is 5.01 Å². The summed E-state index contributed by atoms with van der Waals surface area (Å²) in [6, 6.07) is 9.72. The van der Waals surface area contributed by atoms with Crippen molar-refractivity contribution in [2.24, 2.45) is 5.10 Å². The Kier molecular flexibility index (Phi) is 4.19. The van der Waals surface area contributed by atoms with Gasteiger partial charge in [-0.15, -0.1) is 0 Å². The van der Waals surface area contributed by atoms with Crippen LogP contribution in [0.5, 0.6) is 0 Å². The van der Waals surface area contributed by atoms with E-state index in [4.69, 9.17) is 5.73 Å². The van der Waals surface area contributed by atoms with Gasteiger partial charge in [-0.05, 0) is 42.0 Å². The van der Waals surface area contributed by atoms with Crippen molar-refractivity contribution < 1.29 is 27.5 Å². The highest BCUT2D eigenvalue weighted by Gasteiger charge is 2.63. The van der Waals surface area contributed by atoms with Gasteiger partial charge in [-0.2, -0.15) is 23.3 Å². The Hall–Kier alpha value is -2.94. The van der Waals surface area contributed by atoms with E-state index < -0.39 is 30.0 Å². The van der Waals surface area contributed by atoms with Gasteiger partial charge in [0.1, 0.15) is 5.82 Å². The number of hydrogen-bond donors (Lipinski definition) is 2. The highest BCUT2D eigenvalue weighted by atomic mass is 19.4. The molecule has 1 heterocycles. The van der Waals surface area contributed by atoms with Gasteiger partial charge in [0.25, 0.3) is 11.6 Å². The number of nitrogens with zero attached hydrogens (tertiary/aromatic N) is 2. The second-order valence-corrected chi connectivity index (χ2v) is 5.78. The molecule has 0 saturated heterocycles. The molecule has 0 aromatic heterocycles. The fourth-order valence-corrected chi connectivity index (χ4v) is 2.53. The quantitative estimate of drug-likeness (QED) is 0.633. The second-order valence-electron chi connectivity index (χ2n) is 5.78. The molecule has 1 aliphatic rings. The summed E-state index contributed by atoms with van der Waals surface area (Å²) in [4.78, 5) is 12.5. The lowest BCUT2D eigenvalue weighted by Gasteiger charge is -2.32. The van der Waals surface area contributed by atoms with Crippen LogP contribution >= 0.6 is 0 Å². The van der Waals surface area contributed by atoms with Gasteiger partial charge in [0, 0.05) is 11.3 Å². The molecule has 0 bridgehead atoms. The smallest absolute Gasteiger partial charge is 0.399 e. The number of hydrazone groups is 1. The minimum atomic E-state index is -5.15. The first-order valence-electron chi connectivity index (χ1n) is 7.44. The molecule has 136 valence electrons. The third-order valence-electron chi connectivity index (χ3n) is 3.97. The monoisotopic (exact) mass is 367 g/mol. The fraction of sp³-hybridized carbons (Fsp3) is 0.176. The van der Waals surface area contributed by atoms with Crippen LogP contribution in [0.25, 0.3) is 0 Å². The Balaban J connectivity index is 2.03. The average molecular weight is 367 g/mol. The number of alkyl halides is 3. The van der Waals surface area contributed by atoms with Crippen molar-refractivity contribution in [3.05, 3.63) is 65.5 Å². The molecule has 26 heavy (non-hydrogen) atoms. The molecule has 0 saturated carbocycles. The molecular formula is C17H13F4N3O2. The molecule has 0 fully saturated rings. The van der Waals surface area contributed by atoms with Gasteiger partial charge in [-0.25, -0.2) is 4.39 Å². The number of anilines is 1. The first kappa shape index (κ1) is 17.9. The number of nitrogens with two attached hydrogens (primary N) is 1. The number of carbonyl (C=O) groups is 1. The average Bonchev–Trinajstić information content (AvgIpc) is 2.94. The molecule has 9 heteroatoms. The van der Waals surface area contributed by atoms with Gasteiger partial charge in [0.2, 0.25) is 0 Å². The van der Waals surface area contributed by atoms with Crippen LogP contribution in [0.1, 0.15) is 22.3 Å². The Morgan fingerprint density at radius 3 is 2.23 bits per heavy atom. The summed E-state index contributed by atoms with van der Waals surface area (Å²) < 4.78 is 53.5. The summed E-state index contributed by atoms with van der Waals surface area (Å²) in [5.41, 5.74) is 2.18. The van der Waals surface area contributed by atoms with E-state index in [0.29, 0.717) is 5.69 Å². The Morgan fingerprint density at radius 2 is 1.69 bits per heavy atom. The molecule has 3 N–H and O–H groups in total.